The second kappa shape index (κ2) is 8.69. The number of ether oxygens (including phenoxy) is 1. The van der Waals surface area contributed by atoms with Crippen molar-refractivity contribution in [1.29, 1.82) is 0 Å². The van der Waals surface area contributed by atoms with Gasteiger partial charge in [0.2, 0.25) is 11.8 Å². The number of carbonyl (C=O) groups excluding carboxylic acids is 3. The van der Waals surface area contributed by atoms with E-state index in [-0.39, 0.29) is 54.3 Å². The Hall–Kier alpha value is -2.94. The Labute approximate surface area is 197 Å². The van der Waals surface area contributed by atoms with Crippen molar-refractivity contribution < 1.29 is 23.5 Å². The molecule has 0 bridgehead atoms. The quantitative estimate of drug-likeness (QED) is 0.702. The van der Waals surface area contributed by atoms with E-state index in [4.69, 9.17) is 4.74 Å². The number of amides is 3. The van der Waals surface area contributed by atoms with E-state index < -0.39 is 11.4 Å². The first-order chi connectivity index (χ1) is 16.3. The van der Waals surface area contributed by atoms with E-state index in [0.29, 0.717) is 17.5 Å². The molecule has 3 heterocycles. The van der Waals surface area contributed by atoms with Crippen LogP contribution < -0.4 is 10.6 Å². The number of hydrogen-bond donors (Lipinski definition) is 2. The minimum atomic E-state index is -1.16. The average molecular weight is 471 g/mol. The van der Waals surface area contributed by atoms with E-state index in [1.807, 2.05) is 0 Å². The van der Waals surface area contributed by atoms with E-state index in [1.165, 1.54) is 19.1 Å². The Morgan fingerprint density at radius 2 is 1.97 bits per heavy atom. The second-order valence-corrected chi connectivity index (χ2v) is 9.93. The van der Waals surface area contributed by atoms with Gasteiger partial charge in [-0.05, 0) is 50.8 Å². The predicted molar refractivity (Wildman–Crippen MR) is 125 cm³/mol. The molecule has 2 atom stereocenters. The van der Waals surface area contributed by atoms with Gasteiger partial charge in [-0.2, -0.15) is 0 Å². The highest BCUT2D eigenvalue weighted by molar-refractivity contribution is 6.14. The van der Waals surface area contributed by atoms with Gasteiger partial charge in [-0.1, -0.05) is 12.8 Å². The lowest BCUT2D eigenvalue weighted by molar-refractivity contribution is -0.134. The lowest BCUT2D eigenvalue weighted by atomic mass is 9.93. The van der Waals surface area contributed by atoms with Gasteiger partial charge < -0.3 is 24.8 Å². The fourth-order valence-corrected chi connectivity index (χ4v) is 5.64. The van der Waals surface area contributed by atoms with E-state index >= 15 is 0 Å². The fraction of sp³-hybridized carbons (Fsp3) is 0.560. The minimum absolute atomic E-state index is 0.107. The standard InChI is InChI=1S/C25H31FN4O4/c1-15(31)27-21-19-12-16(26)9-10-20(19)29-14-25(2,24(33)28-17-6-3-4-7-17)30(23(32)22(21)29)13-18-8-5-11-34-18/h9-10,12,17-18H,3-8,11,13-14H2,1-2H3,(H,27,31)(H,28,33)/t18-,25-/m0/s1. The Balaban J connectivity index is 1.62. The molecule has 1 saturated heterocycles. The van der Waals surface area contributed by atoms with E-state index in [0.717, 1.165) is 38.5 Å². The zero-order chi connectivity index (χ0) is 24.0. The van der Waals surface area contributed by atoms with Crippen LogP contribution in [0, 0.1) is 5.82 Å². The van der Waals surface area contributed by atoms with Gasteiger partial charge in [0.1, 0.15) is 17.1 Å². The molecule has 3 amide bonds. The van der Waals surface area contributed by atoms with Gasteiger partial charge in [-0.25, -0.2) is 4.39 Å². The summed E-state index contributed by atoms with van der Waals surface area (Å²) >= 11 is 0. The third kappa shape index (κ3) is 3.85. The summed E-state index contributed by atoms with van der Waals surface area (Å²) in [5.41, 5.74) is -0.0143. The highest BCUT2D eigenvalue weighted by Crippen LogP contribution is 2.39. The Morgan fingerprint density at radius 1 is 1.21 bits per heavy atom. The van der Waals surface area contributed by atoms with Gasteiger partial charge in [0.15, 0.2) is 0 Å². The molecule has 2 N–H and O–H groups in total. The zero-order valence-electron chi connectivity index (χ0n) is 19.7. The van der Waals surface area contributed by atoms with Crippen molar-refractivity contribution in [3.8, 4) is 0 Å². The lowest BCUT2D eigenvalue weighted by Gasteiger charge is -2.45. The molecule has 34 heavy (non-hydrogen) atoms. The maximum Gasteiger partial charge on any atom is 0.273 e. The van der Waals surface area contributed by atoms with Crippen LogP contribution in [-0.4, -0.2) is 58.0 Å². The van der Waals surface area contributed by atoms with Gasteiger partial charge in [0, 0.05) is 31.5 Å². The van der Waals surface area contributed by atoms with Crippen LogP contribution in [0.25, 0.3) is 10.9 Å². The molecular formula is C25H31FN4O4. The van der Waals surface area contributed by atoms with E-state index in [9.17, 15) is 18.8 Å². The molecule has 1 aromatic carbocycles. The molecule has 0 unspecified atom stereocenters. The highest BCUT2D eigenvalue weighted by atomic mass is 19.1. The molecule has 0 radical (unpaired) electrons. The molecule has 8 nitrogen and oxygen atoms in total. The van der Waals surface area contributed by atoms with Crippen LogP contribution in [0.4, 0.5) is 10.1 Å². The Morgan fingerprint density at radius 3 is 2.65 bits per heavy atom. The van der Waals surface area contributed by atoms with Gasteiger partial charge in [-0.3, -0.25) is 14.4 Å². The topological polar surface area (TPSA) is 92.7 Å². The number of halogens is 1. The summed E-state index contributed by atoms with van der Waals surface area (Å²) in [5.74, 6) is -1.38. The summed E-state index contributed by atoms with van der Waals surface area (Å²) in [5, 5.41) is 6.35. The molecule has 2 fully saturated rings. The molecule has 2 aliphatic heterocycles. The molecule has 1 aromatic heterocycles. The molecule has 1 saturated carbocycles. The summed E-state index contributed by atoms with van der Waals surface area (Å²) in [6.07, 6.45) is 5.61. The number of rotatable bonds is 5. The first-order valence-electron chi connectivity index (χ1n) is 12.1. The number of nitrogens with one attached hydrogen (secondary N) is 2. The summed E-state index contributed by atoms with van der Waals surface area (Å²) in [7, 11) is 0. The summed E-state index contributed by atoms with van der Waals surface area (Å²) in [6.45, 7) is 4.25. The Bertz CT molecular complexity index is 1150. The molecule has 5 rings (SSSR count). The average Bonchev–Trinajstić information content (AvgIpc) is 3.53. The van der Waals surface area contributed by atoms with Crippen molar-refractivity contribution in [2.45, 2.75) is 76.6 Å². The molecule has 182 valence electrons. The molecular weight excluding hydrogens is 439 g/mol. The fourth-order valence-electron chi connectivity index (χ4n) is 5.64. The summed E-state index contributed by atoms with van der Waals surface area (Å²) < 4.78 is 21.7. The van der Waals surface area contributed by atoms with Crippen molar-refractivity contribution in [2.75, 3.05) is 18.5 Å². The molecule has 1 aliphatic carbocycles. The smallest absolute Gasteiger partial charge is 0.273 e. The number of aromatic nitrogens is 1. The van der Waals surface area contributed by atoms with Crippen molar-refractivity contribution in [1.82, 2.24) is 14.8 Å². The maximum absolute atomic E-state index is 14.2. The van der Waals surface area contributed by atoms with Crippen LogP contribution in [0.15, 0.2) is 18.2 Å². The summed E-state index contributed by atoms with van der Waals surface area (Å²) in [4.78, 5) is 41.3. The zero-order valence-corrected chi connectivity index (χ0v) is 19.7. The number of carbonyl (C=O) groups is 3. The van der Waals surface area contributed by atoms with E-state index in [2.05, 4.69) is 10.6 Å². The number of hydrogen-bond acceptors (Lipinski definition) is 4. The SMILES string of the molecule is CC(=O)Nc1c2n(c3ccc(F)cc13)C[C@@](C)(C(=O)NC1CCCC1)N(C[C@@H]1CCCO1)C2=O. The normalized spacial score (nSPS) is 25.1. The molecule has 3 aliphatic rings. The van der Waals surface area contributed by atoms with Crippen LogP contribution in [0.3, 0.4) is 0 Å². The lowest BCUT2D eigenvalue weighted by Crippen LogP contribution is -2.66. The van der Waals surface area contributed by atoms with Crippen LogP contribution in [-0.2, 0) is 20.9 Å². The minimum Gasteiger partial charge on any atom is -0.376 e. The highest BCUT2D eigenvalue weighted by Gasteiger charge is 2.50. The number of nitrogens with zero attached hydrogens (tertiary/aromatic N) is 2. The predicted octanol–water partition coefficient (Wildman–Crippen LogP) is 3.19. The van der Waals surface area contributed by atoms with Crippen molar-refractivity contribution >= 4 is 34.3 Å². The first-order valence-corrected chi connectivity index (χ1v) is 12.1. The van der Waals surface area contributed by atoms with Crippen molar-refractivity contribution in [2.24, 2.45) is 0 Å². The third-order valence-corrected chi connectivity index (χ3v) is 7.43. The largest absolute Gasteiger partial charge is 0.376 e. The van der Waals surface area contributed by atoms with Crippen LogP contribution in [0.5, 0.6) is 0 Å². The number of fused-ring (bicyclic) bond motifs is 3. The van der Waals surface area contributed by atoms with E-state index in [1.54, 1.807) is 22.5 Å². The second-order valence-electron chi connectivity index (χ2n) is 9.93. The Kier molecular flexibility index (Phi) is 5.83. The van der Waals surface area contributed by atoms with Gasteiger partial charge in [0.25, 0.3) is 5.91 Å². The number of benzene rings is 1. The third-order valence-electron chi connectivity index (χ3n) is 7.43. The summed E-state index contributed by atoms with van der Waals surface area (Å²) in [6, 6.07) is 4.35. The van der Waals surface area contributed by atoms with Crippen LogP contribution >= 0.6 is 0 Å². The van der Waals surface area contributed by atoms with Crippen LogP contribution in [0.1, 0.15) is 62.9 Å². The van der Waals surface area contributed by atoms with Crippen LogP contribution in [0.2, 0.25) is 0 Å². The maximum atomic E-state index is 14.2. The van der Waals surface area contributed by atoms with Crippen molar-refractivity contribution in [3.63, 3.8) is 0 Å². The van der Waals surface area contributed by atoms with Gasteiger partial charge >= 0.3 is 0 Å². The monoisotopic (exact) mass is 470 g/mol. The van der Waals surface area contributed by atoms with Gasteiger partial charge in [0.05, 0.1) is 23.9 Å². The number of anilines is 1. The molecule has 9 heteroatoms. The molecule has 0 spiro atoms. The molecule has 2 aromatic rings. The van der Waals surface area contributed by atoms with Gasteiger partial charge in [-0.15, -0.1) is 0 Å². The first kappa shape index (κ1) is 22.8. The van der Waals surface area contributed by atoms with Crippen molar-refractivity contribution in [3.05, 3.63) is 29.7 Å².